The summed E-state index contributed by atoms with van der Waals surface area (Å²) in [6.07, 6.45) is 0. The van der Waals surface area contributed by atoms with Gasteiger partial charge in [-0.15, -0.1) is 0 Å². The van der Waals surface area contributed by atoms with Crippen LogP contribution in [-0.4, -0.2) is 24.1 Å². The molecule has 0 atom stereocenters. The lowest BCUT2D eigenvalue weighted by molar-refractivity contribution is 0.385. The summed E-state index contributed by atoms with van der Waals surface area (Å²) in [5, 5.41) is 9.44. The van der Waals surface area contributed by atoms with Gasteiger partial charge in [-0.3, -0.25) is 0 Å². The van der Waals surface area contributed by atoms with E-state index in [1.165, 1.54) is 0 Å². The highest BCUT2D eigenvalue weighted by Crippen LogP contribution is 2.22. The number of nitrogens with zero attached hydrogens (tertiary/aromatic N) is 1. The lowest BCUT2D eigenvalue weighted by atomic mass is 10.2. The van der Waals surface area contributed by atoms with Gasteiger partial charge in [0.25, 0.3) is 0 Å². The Morgan fingerprint density at radius 2 is 2.08 bits per heavy atom. The van der Waals surface area contributed by atoms with Gasteiger partial charge in [0.1, 0.15) is 5.75 Å². The summed E-state index contributed by atoms with van der Waals surface area (Å²) in [6.45, 7) is 0.755. The van der Waals surface area contributed by atoms with Crippen molar-refractivity contribution in [3.63, 3.8) is 0 Å². The summed E-state index contributed by atoms with van der Waals surface area (Å²) in [4.78, 5) is 2.02. The molecule has 0 amide bonds. The van der Waals surface area contributed by atoms with Gasteiger partial charge in [-0.05, 0) is 32.3 Å². The zero-order valence-corrected chi connectivity index (χ0v) is 8.80. The maximum atomic E-state index is 9.44. The number of phenolic OH excluding ortho intramolecular Hbond substituents is 1. The first-order valence-electron chi connectivity index (χ1n) is 3.71. The van der Waals surface area contributed by atoms with Gasteiger partial charge in [0.2, 0.25) is 0 Å². The lowest BCUT2D eigenvalue weighted by Gasteiger charge is -2.11. The number of rotatable bonds is 2. The summed E-state index contributed by atoms with van der Waals surface area (Å²) in [7, 11) is 3.95. The van der Waals surface area contributed by atoms with E-state index in [-0.39, 0.29) is 0 Å². The maximum absolute atomic E-state index is 9.44. The number of halogens is 1. The summed E-state index contributed by atoms with van der Waals surface area (Å²) in [5.41, 5.74) is 0.939. The number of hydrogen-bond donors (Lipinski definition) is 1. The maximum Gasteiger partial charge on any atom is 0.120 e. The largest absolute Gasteiger partial charge is 0.508 e. The van der Waals surface area contributed by atoms with Crippen molar-refractivity contribution in [1.29, 1.82) is 0 Å². The summed E-state index contributed by atoms with van der Waals surface area (Å²) < 4.78 is 0.997. The normalized spacial score (nSPS) is 10.7. The second-order valence-electron chi connectivity index (χ2n) is 3.01. The Hall–Kier alpha value is -0.540. The molecule has 1 aromatic rings. The van der Waals surface area contributed by atoms with E-state index in [2.05, 4.69) is 15.9 Å². The number of hydrogen-bond acceptors (Lipinski definition) is 2. The quantitative estimate of drug-likeness (QED) is 0.841. The fourth-order valence-electron chi connectivity index (χ4n) is 1.02. The zero-order valence-electron chi connectivity index (χ0n) is 7.21. The van der Waals surface area contributed by atoms with Crippen LogP contribution in [0.1, 0.15) is 5.56 Å². The molecule has 0 fully saturated rings. The lowest BCUT2D eigenvalue weighted by Crippen LogP contribution is -2.10. The van der Waals surface area contributed by atoms with Gasteiger partial charge in [0.15, 0.2) is 0 Å². The van der Waals surface area contributed by atoms with Gasteiger partial charge >= 0.3 is 0 Å². The number of benzene rings is 1. The Kier molecular flexibility index (Phi) is 3.12. The average Bonchev–Trinajstić information content (AvgIpc) is 1.96. The molecule has 0 saturated carbocycles. The highest BCUT2D eigenvalue weighted by molar-refractivity contribution is 9.10. The fourth-order valence-corrected chi connectivity index (χ4v) is 1.43. The van der Waals surface area contributed by atoms with E-state index in [0.29, 0.717) is 5.75 Å². The highest BCUT2D eigenvalue weighted by Gasteiger charge is 2.02. The Morgan fingerprint density at radius 3 is 2.67 bits per heavy atom. The van der Waals surface area contributed by atoms with E-state index in [1.807, 2.05) is 31.1 Å². The van der Waals surface area contributed by atoms with Gasteiger partial charge in [-0.2, -0.15) is 0 Å². The smallest absolute Gasteiger partial charge is 0.120 e. The Labute approximate surface area is 80.9 Å². The number of aromatic hydroxyl groups is 1. The van der Waals surface area contributed by atoms with Crippen LogP contribution in [0.5, 0.6) is 5.75 Å². The molecule has 0 radical (unpaired) electrons. The minimum Gasteiger partial charge on any atom is -0.508 e. The molecular formula is C9H12BrNO. The van der Waals surface area contributed by atoms with Gasteiger partial charge in [0.05, 0.1) is 0 Å². The minimum atomic E-state index is 0.354. The van der Waals surface area contributed by atoms with Crippen molar-refractivity contribution in [1.82, 2.24) is 4.90 Å². The average molecular weight is 230 g/mol. The van der Waals surface area contributed by atoms with E-state index in [4.69, 9.17) is 0 Å². The van der Waals surface area contributed by atoms with Crippen LogP contribution in [0.4, 0.5) is 0 Å². The van der Waals surface area contributed by atoms with E-state index in [9.17, 15) is 5.11 Å². The van der Waals surface area contributed by atoms with Crippen LogP contribution in [0.25, 0.3) is 0 Å². The Bertz CT molecular complexity index is 273. The monoisotopic (exact) mass is 229 g/mol. The molecule has 2 nitrogen and oxygen atoms in total. The van der Waals surface area contributed by atoms with Crippen LogP contribution in [0.3, 0.4) is 0 Å². The Morgan fingerprint density at radius 1 is 1.42 bits per heavy atom. The van der Waals surface area contributed by atoms with Crippen LogP contribution >= 0.6 is 15.9 Å². The van der Waals surface area contributed by atoms with Crippen molar-refractivity contribution in [2.24, 2.45) is 0 Å². The second-order valence-corrected chi connectivity index (χ2v) is 3.93. The van der Waals surface area contributed by atoms with Crippen LogP contribution in [0, 0.1) is 0 Å². The molecule has 1 N–H and O–H groups in total. The van der Waals surface area contributed by atoms with Crippen LogP contribution < -0.4 is 0 Å². The molecule has 0 aliphatic heterocycles. The van der Waals surface area contributed by atoms with Crippen LogP contribution in [0.15, 0.2) is 22.7 Å². The molecule has 1 rings (SSSR count). The van der Waals surface area contributed by atoms with Gasteiger partial charge in [-0.25, -0.2) is 0 Å². The second kappa shape index (κ2) is 3.92. The molecule has 0 heterocycles. The van der Waals surface area contributed by atoms with Gasteiger partial charge in [-0.1, -0.05) is 15.9 Å². The SMILES string of the molecule is CN(C)Cc1cc(Br)ccc1O. The molecule has 0 aliphatic rings. The van der Waals surface area contributed by atoms with Crippen molar-refractivity contribution >= 4 is 15.9 Å². The van der Waals surface area contributed by atoms with Crippen molar-refractivity contribution in [3.8, 4) is 5.75 Å². The topological polar surface area (TPSA) is 23.5 Å². The minimum absolute atomic E-state index is 0.354. The first kappa shape index (κ1) is 9.55. The van der Waals surface area contributed by atoms with E-state index in [1.54, 1.807) is 6.07 Å². The third-order valence-electron chi connectivity index (χ3n) is 1.53. The molecule has 0 saturated heterocycles. The third kappa shape index (κ3) is 2.50. The molecule has 0 unspecified atom stereocenters. The van der Waals surface area contributed by atoms with Crippen molar-refractivity contribution in [2.75, 3.05) is 14.1 Å². The first-order chi connectivity index (χ1) is 5.59. The summed E-state index contributed by atoms with van der Waals surface area (Å²) in [5.74, 6) is 0.354. The van der Waals surface area contributed by atoms with Crippen molar-refractivity contribution in [3.05, 3.63) is 28.2 Å². The molecule has 0 bridgehead atoms. The van der Waals surface area contributed by atoms with Crippen LogP contribution in [0.2, 0.25) is 0 Å². The Balaban J connectivity index is 2.90. The molecule has 1 aromatic carbocycles. The molecule has 12 heavy (non-hydrogen) atoms. The molecular weight excluding hydrogens is 218 g/mol. The predicted molar refractivity (Wildman–Crippen MR) is 53.2 cm³/mol. The summed E-state index contributed by atoms with van der Waals surface area (Å²) >= 11 is 3.36. The van der Waals surface area contributed by atoms with E-state index < -0.39 is 0 Å². The van der Waals surface area contributed by atoms with Crippen molar-refractivity contribution in [2.45, 2.75) is 6.54 Å². The molecule has 0 aromatic heterocycles. The first-order valence-corrected chi connectivity index (χ1v) is 4.51. The molecule has 0 aliphatic carbocycles. The van der Waals surface area contributed by atoms with Gasteiger partial charge < -0.3 is 10.0 Å². The highest BCUT2D eigenvalue weighted by atomic mass is 79.9. The molecule has 0 spiro atoms. The standard InChI is InChI=1S/C9H12BrNO/c1-11(2)6-7-5-8(10)3-4-9(7)12/h3-5,12H,6H2,1-2H3. The summed E-state index contributed by atoms with van der Waals surface area (Å²) in [6, 6.07) is 5.45. The third-order valence-corrected chi connectivity index (χ3v) is 2.02. The molecule has 66 valence electrons. The number of phenols is 1. The predicted octanol–water partition coefficient (Wildman–Crippen LogP) is 2.22. The van der Waals surface area contributed by atoms with E-state index in [0.717, 1.165) is 16.6 Å². The van der Waals surface area contributed by atoms with E-state index >= 15 is 0 Å². The van der Waals surface area contributed by atoms with Crippen LogP contribution in [-0.2, 0) is 6.54 Å². The zero-order chi connectivity index (χ0) is 9.14. The fraction of sp³-hybridized carbons (Fsp3) is 0.333. The van der Waals surface area contributed by atoms with Gasteiger partial charge in [0, 0.05) is 16.6 Å². The van der Waals surface area contributed by atoms with Crippen molar-refractivity contribution < 1.29 is 5.11 Å². The molecule has 3 heteroatoms.